The standard InChI is InChI=1S/C24H23Cl2NO5S/c1-30-24(29)18-14-16(31-11-12-32-21-5-3-4-6-22(21)33-2)8-10-20(18)27-23(28)17-9-7-15(25)13-19(17)26/h3,5,7-10,13-14H,4,6,11-12H2,1-2H3,(H,27,28). The summed E-state index contributed by atoms with van der Waals surface area (Å²) in [7, 11) is 1.26. The zero-order valence-electron chi connectivity index (χ0n) is 18.2. The Morgan fingerprint density at radius 3 is 2.58 bits per heavy atom. The van der Waals surface area contributed by atoms with Gasteiger partial charge >= 0.3 is 5.97 Å². The van der Waals surface area contributed by atoms with Crippen molar-refractivity contribution in [2.45, 2.75) is 12.8 Å². The Morgan fingerprint density at radius 2 is 1.85 bits per heavy atom. The maximum absolute atomic E-state index is 12.7. The van der Waals surface area contributed by atoms with E-state index >= 15 is 0 Å². The summed E-state index contributed by atoms with van der Waals surface area (Å²) < 4.78 is 16.4. The molecular weight excluding hydrogens is 485 g/mol. The van der Waals surface area contributed by atoms with E-state index in [1.54, 1.807) is 30.0 Å². The van der Waals surface area contributed by atoms with Crippen LogP contribution in [0.15, 0.2) is 59.2 Å². The first kappa shape index (κ1) is 25.0. The lowest BCUT2D eigenvalue weighted by atomic mass is 10.1. The highest BCUT2D eigenvalue weighted by atomic mass is 35.5. The minimum Gasteiger partial charge on any atom is -0.490 e. The third kappa shape index (κ3) is 6.69. The molecule has 0 aliphatic heterocycles. The lowest BCUT2D eigenvalue weighted by Gasteiger charge is -2.16. The molecular formula is C24H23Cl2NO5S. The van der Waals surface area contributed by atoms with Crippen molar-refractivity contribution in [1.82, 2.24) is 0 Å². The molecule has 0 atom stereocenters. The Balaban J connectivity index is 1.67. The maximum atomic E-state index is 12.7. The Bertz CT molecular complexity index is 1100. The molecule has 1 aliphatic rings. The maximum Gasteiger partial charge on any atom is 0.340 e. The summed E-state index contributed by atoms with van der Waals surface area (Å²) in [6.07, 6.45) is 8.09. The predicted octanol–water partition coefficient (Wildman–Crippen LogP) is 6.35. The first-order chi connectivity index (χ1) is 15.9. The number of anilines is 1. The average Bonchev–Trinajstić information content (AvgIpc) is 2.82. The molecule has 0 fully saturated rings. The van der Waals surface area contributed by atoms with Gasteiger partial charge in [-0.3, -0.25) is 4.79 Å². The molecule has 33 heavy (non-hydrogen) atoms. The minimum absolute atomic E-state index is 0.150. The van der Waals surface area contributed by atoms with Crippen LogP contribution < -0.4 is 10.1 Å². The van der Waals surface area contributed by atoms with Crippen molar-refractivity contribution < 1.29 is 23.8 Å². The van der Waals surface area contributed by atoms with E-state index in [0.29, 0.717) is 17.4 Å². The molecule has 0 unspecified atom stereocenters. The highest BCUT2D eigenvalue weighted by Gasteiger charge is 2.18. The van der Waals surface area contributed by atoms with Crippen molar-refractivity contribution >= 4 is 52.5 Å². The van der Waals surface area contributed by atoms with Crippen LogP contribution in [0.3, 0.4) is 0 Å². The number of benzene rings is 2. The Morgan fingerprint density at radius 1 is 1.06 bits per heavy atom. The van der Waals surface area contributed by atoms with Gasteiger partial charge in [-0.1, -0.05) is 29.3 Å². The van der Waals surface area contributed by atoms with E-state index in [9.17, 15) is 9.59 Å². The zero-order chi connectivity index (χ0) is 23.8. The van der Waals surface area contributed by atoms with Gasteiger partial charge in [-0.2, -0.15) is 0 Å². The van der Waals surface area contributed by atoms with Crippen molar-refractivity contribution in [3.63, 3.8) is 0 Å². The Labute approximate surface area is 206 Å². The van der Waals surface area contributed by atoms with Crippen LogP contribution in [0, 0.1) is 0 Å². The molecule has 1 aliphatic carbocycles. The molecule has 0 spiro atoms. The number of carbonyl (C=O) groups is 2. The fourth-order valence-corrected chi connectivity index (χ4v) is 4.27. The van der Waals surface area contributed by atoms with Gasteiger partial charge in [0.05, 0.1) is 28.9 Å². The van der Waals surface area contributed by atoms with E-state index in [0.717, 1.165) is 18.6 Å². The minimum atomic E-state index is -0.615. The van der Waals surface area contributed by atoms with Gasteiger partial charge in [0.25, 0.3) is 5.91 Å². The molecule has 6 nitrogen and oxygen atoms in total. The molecule has 2 aromatic rings. The number of methoxy groups -OCH3 is 1. The number of hydrogen-bond acceptors (Lipinski definition) is 6. The number of halogens is 2. The van der Waals surface area contributed by atoms with Gasteiger partial charge in [0.2, 0.25) is 0 Å². The number of thioether (sulfide) groups is 1. The van der Waals surface area contributed by atoms with Crippen molar-refractivity contribution in [3.8, 4) is 5.75 Å². The highest BCUT2D eigenvalue weighted by molar-refractivity contribution is 8.02. The molecule has 0 saturated carbocycles. The summed E-state index contributed by atoms with van der Waals surface area (Å²) in [6.45, 7) is 0.635. The first-order valence-corrected chi connectivity index (χ1v) is 12.1. The normalized spacial score (nSPS) is 13.0. The third-order valence-electron chi connectivity index (χ3n) is 4.76. The monoisotopic (exact) mass is 507 g/mol. The van der Waals surface area contributed by atoms with Crippen molar-refractivity contribution in [3.05, 3.63) is 80.4 Å². The fraction of sp³-hybridized carbons (Fsp3) is 0.250. The average molecular weight is 508 g/mol. The summed E-state index contributed by atoms with van der Waals surface area (Å²) in [5.74, 6) is 0.213. The number of esters is 1. The van der Waals surface area contributed by atoms with Crippen LogP contribution >= 0.6 is 35.0 Å². The largest absolute Gasteiger partial charge is 0.490 e. The number of amides is 1. The first-order valence-electron chi connectivity index (χ1n) is 10.1. The Hall–Kier alpha value is -2.61. The molecule has 9 heteroatoms. The van der Waals surface area contributed by atoms with E-state index in [1.165, 1.54) is 30.2 Å². The number of allylic oxidation sites excluding steroid dienone is 3. The highest BCUT2D eigenvalue weighted by Crippen LogP contribution is 2.28. The zero-order valence-corrected chi connectivity index (χ0v) is 20.5. The van der Waals surface area contributed by atoms with Crippen molar-refractivity contribution in [1.29, 1.82) is 0 Å². The number of rotatable bonds is 9. The second-order valence-electron chi connectivity index (χ2n) is 6.91. The van der Waals surface area contributed by atoms with E-state index in [1.807, 2.05) is 12.3 Å². The number of hydrogen-bond donors (Lipinski definition) is 1. The second kappa shape index (κ2) is 12.0. The van der Waals surface area contributed by atoms with Crippen LogP contribution in [-0.4, -0.2) is 38.5 Å². The number of ether oxygens (including phenoxy) is 3. The summed E-state index contributed by atoms with van der Waals surface area (Å²) in [5, 5.41) is 3.30. The van der Waals surface area contributed by atoms with Crippen LogP contribution in [0.25, 0.3) is 0 Å². The smallest absolute Gasteiger partial charge is 0.340 e. The summed E-state index contributed by atoms with van der Waals surface area (Å²) in [4.78, 5) is 26.2. The topological polar surface area (TPSA) is 73.9 Å². The molecule has 0 aromatic heterocycles. The van der Waals surface area contributed by atoms with Gasteiger partial charge in [-0.15, -0.1) is 11.8 Å². The Kier molecular flexibility index (Phi) is 9.11. The van der Waals surface area contributed by atoms with Crippen LogP contribution in [0.2, 0.25) is 10.0 Å². The van der Waals surface area contributed by atoms with Crippen LogP contribution in [-0.2, 0) is 9.47 Å². The molecule has 1 N–H and O–H groups in total. The van der Waals surface area contributed by atoms with E-state index in [-0.39, 0.29) is 28.4 Å². The summed E-state index contributed by atoms with van der Waals surface area (Å²) in [5.41, 5.74) is 0.644. The van der Waals surface area contributed by atoms with Crippen LogP contribution in [0.5, 0.6) is 5.75 Å². The van der Waals surface area contributed by atoms with E-state index in [4.69, 9.17) is 37.4 Å². The quantitative estimate of drug-likeness (QED) is 0.314. The molecule has 2 aromatic carbocycles. The predicted molar refractivity (Wildman–Crippen MR) is 133 cm³/mol. The third-order valence-corrected chi connectivity index (χ3v) is 6.20. The molecule has 0 heterocycles. The van der Waals surface area contributed by atoms with Gasteiger partial charge in [0.1, 0.15) is 24.7 Å². The molecule has 1 amide bonds. The lowest BCUT2D eigenvalue weighted by molar-refractivity contribution is 0.0601. The van der Waals surface area contributed by atoms with Gasteiger partial charge in [-0.05, 0) is 61.6 Å². The van der Waals surface area contributed by atoms with Crippen LogP contribution in [0.1, 0.15) is 33.6 Å². The second-order valence-corrected chi connectivity index (χ2v) is 8.65. The SMILES string of the molecule is COC(=O)c1cc(OCCOC2=C(SC)CCC=C2)ccc1NC(=O)c1ccc(Cl)cc1Cl. The van der Waals surface area contributed by atoms with Gasteiger partial charge in [-0.25, -0.2) is 4.79 Å². The fourth-order valence-electron chi connectivity index (χ4n) is 3.13. The molecule has 174 valence electrons. The molecule has 3 rings (SSSR count). The van der Waals surface area contributed by atoms with Crippen molar-refractivity contribution in [2.24, 2.45) is 0 Å². The van der Waals surface area contributed by atoms with E-state index < -0.39 is 11.9 Å². The van der Waals surface area contributed by atoms with Crippen molar-refractivity contribution in [2.75, 3.05) is 31.9 Å². The van der Waals surface area contributed by atoms with Crippen LogP contribution in [0.4, 0.5) is 5.69 Å². The molecule has 0 saturated heterocycles. The van der Waals surface area contributed by atoms with Gasteiger partial charge < -0.3 is 19.5 Å². The number of carbonyl (C=O) groups excluding carboxylic acids is 2. The van der Waals surface area contributed by atoms with Gasteiger partial charge in [0, 0.05) is 9.93 Å². The summed E-state index contributed by atoms with van der Waals surface area (Å²) in [6, 6.07) is 9.27. The lowest BCUT2D eigenvalue weighted by Crippen LogP contribution is -2.16. The number of nitrogens with one attached hydrogen (secondary N) is 1. The molecule has 0 bridgehead atoms. The van der Waals surface area contributed by atoms with E-state index in [2.05, 4.69) is 11.4 Å². The summed E-state index contributed by atoms with van der Waals surface area (Å²) >= 11 is 13.7. The molecule has 0 radical (unpaired) electrons. The van der Waals surface area contributed by atoms with Gasteiger partial charge in [0.15, 0.2) is 0 Å².